The van der Waals surface area contributed by atoms with E-state index in [4.69, 9.17) is 4.74 Å². The van der Waals surface area contributed by atoms with Gasteiger partial charge in [0.15, 0.2) is 0 Å². The van der Waals surface area contributed by atoms with Crippen molar-refractivity contribution in [1.82, 2.24) is 4.90 Å². The van der Waals surface area contributed by atoms with E-state index in [1.807, 2.05) is 6.07 Å². The maximum Gasteiger partial charge on any atom is 0.335 e. The van der Waals surface area contributed by atoms with Gasteiger partial charge < -0.3 is 9.84 Å². The molecule has 2 aliphatic heterocycles. The summed E-state index contributed by atoms with van der Waals surface area (Å²) in [6, 6.07) is 5.62. The van der Waals surface area contributed by atoms with E-state index in [9.17, 15) is 9.90 Å². The third-order valence-corrected chi connectivity index (χ3v) is 4.37. The van der Waals surface area contributed by atoms with Crippen LogP contribution in [-0.4, -0.2) is 41.8 Å². The summed E-state index contributed by atoms with van der Waals surface area (Å²) in [4.78, 5) is 13.6. The van der Waals surface area contributed by atoms with E-state index in [0.717, 1.165) is 44.6 Å². The zero-order chi connectivity index (χ0) is 13.9. The monoisotopic (exact) mass is 275 g/mol. The smallest absolute Gasteiger partial charge is 0.335 e. The second-order valence-corrected chi connectivity index (χ2v) is 5.70. The number of fused-ring (bicyclic) bond motifs is 1. The van der Waals surface area contributed by atoms with Crippen molar-refractivity contribution in [3.8, 4) is 0 Å². The number of hydrogen-bond donors (Lipinski definition) is 1. The molecule has 3 rings (SSSR count). The lowest BCUT2D eigenvalue weighted by Gasteiger charge is -2.30. The average Bonchev–Trinajstić information content (AvgIpc) is 2.97. The molecule has 1 aromatic rings. The molecule has 2 heterocycles. The molecular weight excluding hydrogens is 254 g/mol. The van der Waals surface area contributed by atoms with Gasteiger partial charge in [-0.2, -0.15) is 0 Å². The number of benzene rings is 1. The van der Waals surface area contributed by atoms with Crippen molar-refractivity contribution in [3.63, 3.8) is 0 Å². The molecule has 1 N–H and O–H groups in total. The van der Waals surface area contributed by atoms with Crippen LogP contribution in [0.3, 0.4) is 0 Å². The number of carboxylic acid groups (broad SMARTS) is 1. The molecule has 0 radical (unpaired) electrons. The van der Waals surface area contributed by atoms with Crippen molar-refractivity contribution in [2.45, 2.75) is 38.3 Å². The van der Waals surface area contributed by atoms with Crippen LogP contribution in [0.25, 0.3) is 0 Å². The Morgan fingerprint density at radius 3 is 3.10 bits per heavy atom. The molecule has 4 nitrogen and oxygen atoms in total. The molecule has 0 aliphatic carbocycles. The molecule has 0 amide bonds. The SMILES string of the molecule is O=C(O)c1cccc2c1CCN(CCC1CCCO1)C2. The van der Waals surface area contributed by atoms with Gasteiger partial charge in [0.05, 0.1) is 11.7 Å². The first kappa shape index (κ1) is 13.6. The minimum atomic E-state index is -0.811. The van der Waals surface area contributed by atoms with Gasteiger partial charge in [0.2, 0.25) is 0 Å². The van der Waals surface area contributed by atoms with Crippen molar-refractivity contribution in [2.24, 2.45) is 0 Å². The van der Waals surface area contributed by atoms with E-state index < -0.39 is 5.97 Å². The zero-order valence-corrected chi connectivity index (χ0v) is 11.7. The second kappa shape index (κ2) is 5.94. The number of carbonyl (C=O) groups is 1. The summed E-state index contributed by atoms with van der Waals surface area (Å²) in [5.41, 5.74) is 2.66. The molecule has 2 aliphatic rings. The first-order valence-electron chi connectivity index (χ1n) is 7.42. The van der Waals surface area contributed by atoms with E-state index in [2.05, 4.69) is 11.0 Å². The van der Waals surface area contributed by atoms with Gasteiger partial charge >= 0.3 is 5.97 Å². The predicted molar refractivity (Wildman–Crippen MR) is 76.0 cm³/mol. The van der Waals surface area contributed by atoms with Crippen LogP contribution >= 0.6 is 0 Å². The van der Waals surface area contributed by atoms with Crippen LogP contribution in [0.1, 0.15) is 40.7 Å². The fraction of sp³-hybridized carbons (Fsp3) is 0.562. The van der Waals surface area contributed by atoms with E-state index in [1.165, 1.54) is 18.4 Å². The molecule has 0 aromatic heterocycles. The van der Waals surface area contributed by atoms with Gasteiger partial charge in [0.25, 0.3) is 0 Å². The number of hydrogen-bond acceptors (Lipinski definition) is 3. The quantitative estimate of drug-likeness (QED) is 0.916. The Labute approximate surface area is 119 Å². The van der Waals surface area contributed by atoms with Crippen LogP contribution in [0.2, 0.25) is 0 Å². The van der Waals surface area contributed by atoms with Crippen LogP contribution in [0.4, 0.5) is 0 Å². The molecule has 1 atom stereocenters. The Kier molecular flexibility index (Phi) is 4.03. The molecule has 1 aromatic carbocycles. The van der Waals surface area contributed by atoms with Crippen molar-refractivity contribution >= 4 is 5.97 Å². The molecule has 20 heavy (non-hydrogen) atoms. The molecule has 1 fully saturated rings. The topological polar surface area (TPSA) is 49.8 Å². The highest BCUT2D eigenvalue weighted by Crippen LogP contribution is 2.24. The number of aromatic carboxylic acids is 1. The van der Waals surface area contributed by atoms with Crippen molar-refractivity contribution in [1.29, 1.82) is 0 Å². The molecule has 108 valence electrons. The molecule has 4 heteroatoms. The highest BCUT2D eigenvalue weighted by molar-refractivity contribution is 5.89. The van der Waals surface area contributed by atoms with Crippen molar-refractivity contribution in [2.75, 3.05) is 19.7 Å². The number of nitrogens with zero attached hydrogens (tertiary/aromatic N) is 1. The van der Waals surface area contributed by atoms with Gasteiger partial charge in [0.1, 0.15) is 0 Å². The highest BCUT2D eigenvalue weighted by Gasteiger charge is 2.22. The van der Waals surface area contributed by atoms with Gasteiger partial charge in [0, 0.05) is 26.2 Å². The Bertz CT molecular complexity index is 494. The van der Waals surface area contributed by atoms with Crippen LogP contribution in [-0.2, 0) is 17.7 Å². The van der Waals surface area contributed by atoms with Crippen LogP contribution in [0, 0.1) is 0 Å². The lowest BCUT2D eigenvalue weighted by atomic mass is 9.94. The minimum absolute atomic E-state index is 0.432. The van der Waals surface area contributed by atoms with Crippen LogP contribution < -0.4 is 0 Å². The maximum absolute atomic E-state index is 11.2. The molecule has 0 spiro atoms. The fourth-order valence-corrected chi connectivity index (χ4v) is 3.26. The maximum atomic E-state index is 11.2. The van der Waals surface area contributed by atoms with E-state index in [0.29, 0.717) is 11.7 Å². The van der Waals surface area contributed by atoms with E-state index in [-0.39, 0.29) is 0 Å². The number of rotatable bonds is 4. The van der Waals surface area contributed by atoms with E-state index >= 15 is 0 Å². The van der Waals surface area contributed by atoms with Crippen LogP contribution in [0.5, 0.6) is 0 Å². The minimum Gasteiger partial charge on any atom is -0.478 e. The first-order chi connectivity index (χ1) is 9.74. The van der Waals surface area contributed by atoms with Gasteiger partial charge in [-0.25, -0.2) is 4.79 Å². The predicted octanol–water partition coefficient (Wildman–Crippen LogP) is 2.31. The fourth-order valence-electron chi connectivity index (χ4n) is 3.26. The Balaban J connectivity index is 1.63. The molecule has 1 saturated heterocycles. The molecule has 1 unspecified atom stereocenters. The standard InChI is InChI=1S/C16H21NO3/c18-16(19)15-5-1-3-12-11-17(9-7-14(12)15)8-6-13-4-2-10-20-13/h1,3,5,13H,2,4,6-11H2,(H,18,19). The summed E-state index contributed by atoms with van der Waals surface area (Å²) < 4.78 is 5.66. The second-order valence-electron chi connectivity index (χ2n) is 5.70. The average molecular weight is 275 g/mol. The van der Waals surface area contributed by atoms with Gasteiger partial charge in [-0.05, 0) is 42.9 Å². The zero-order valence-electron chi connectivity index (χ0n) is 11.7. The van der Waals surface area contributed by atoms with Gasteiger partial charge in [-0.15, -0.1) is 0 Å². The number of carboxylic acids is 1. The molecule has 0 bridgehead atoms. The van der Waals surface area contributed by atoms with E-state index in [1.54, 1.807) is 6.07 Å². The van der Waals surface area contributed by atoms with Crippen molar-refractivity contribution in [3.05, 3.63) is 34.9 Å². The third kappa shape index (κ3) is 2.86. The highest BCUT2D eigenvalue weighted by atomic mass is 16.5. The summed E-state index contributed by atoms with van der Waals surface area (Å²) in [7, 11) is 0. The lowest BCUT2D eigenvalue weighted by molar-refractivity contribution is 0.0694. The largest absolute Gasteiger partial charge is 0.478 e. The Morgan fingerprint density at radius 1 is 1.45 bits per heavy atom. The summed E-state index contributed by atoms with van der Waals surface area (Å²) in [6.45, 7) is 3.77. The summed E-state index contributed by atoms with van der Waals surface area (Å²) in [6.07, 6.45) is 4.74. The molecular formula is C16H21NO3. The van der Waals surface area contributed by atoms with Crippen molar-refractivity contribution < 1.29 is 14.6 Å². The third-order valence-electron chi connectivity index (χ3n) is 4.37. The summed E-state index contributed by atoms with van der Waals surface area (Å²) in [5, 5.41) is 9.22. The Morgan fingerprint density at radius 2 is 2.35 bits per heavy atom. The molecule has 0 saturated carbocycles. The van der Waals surface area contributed by atoms with Gasteiger partial charge in [-0.1, -0.05) is 12.1 Å². The number of ether oxygens (including phenoxy) is 1. The Hall–Kier alpha value is -1.39. The summed E-state index contributed by atoms with van der Waals surface area (Å²) >= 11 is 0. The lowest BCUT2D eigenvalue weighted by Crippen LogP contribution is -2.33. The first-order valence-corrected chi connectivity index (χ1v) is 7.42. The summed E-state index contributed by atoms with van der Waals surface area (Å²) in [5.74, 6) is -0.811. The normalized spacial score (nSPS) is 22.7. The van der Waals surface area contributed by atoms with Crippen LogP contribution in [0.15, 0.2) is 18.2 Å². The van der Waals surface area contributed by atoms with Gasteiger partial charge in [-0.3, -0.25) is 4.90 Å².